The van der Waals surface area contributed by atoms with Crippen LogP contribution >= 0.6 is 0 Å². The molecule has 1 N–H and O–H groups in total. The molecule has 19 heavy (non-hydrogen) atoms. The van der Waals surface area contributed by atoms with E-state index in [-0.39, 0.29) is 0 Å². The first-order valence-electron chi connectivity index (χ1n) is 4.84. The van der Waals surface area contributed by atoms with Crippen molar-refractivity contribution in [2.24, 2.45) is 0 Å². The summed E-state index contributed by atoms with van der Waals surface area (Å²) < 4.78 is 98.2. The van der Waals surface area contributed by atoms with Crippen molar-refractivity contribution < 1.29 is 44.8 Å². The van der Waals surface area contributed by atoms with Gasteiger partial charge in [0.1, 0.15) is 0 Å². The molecule has 0 heterocycles. The maximum Gasteiger partial charge on any atom is 0.421 e. The summed E-state index contributed by atoms with van der Waals surface area (Å²) in [5.74, 6) is 0. The molecule has 11 heteroatoms. The molecular weight excluding hydrogens is 303 g/mol. The van der Waals surface area contributed by atoms with Crippen LogP contribution in [0.1, 0.15) is 20.3 Å². The van der Waals surface area contributed by atoms with Crippen LogP contribution in [0.5, 0.6) is 0 Å². The molecule has 0 aromatic carbocycles. The SMILES string of the molecule is CC(C)(CCO)OC(C(F)(F)F)C(F)(F)S(=O)(=O)[O-]. The van der Waals surface area contributed by atoms with Gasteiger partial charge in [0.25, 0.3) is 0 Å². The van der Waals surface area contributed by atoms with E-state index in [1.54, 1.807) is 0 Å². The Balaban J connectivity index is 5.51. The summed E-state index contributed by atoms with van der Waals surface area (Å²) in [5, 5.41) is 2.88. The Hall–Kier alpha value is -0.520. The molecule has 0 aliphatic carbocycles. The predicted molar refractivity (Wildman–Crippen MR) is 51.4 cm³/mol. The van der Waals surface area contributed by atoms with Crippen molar-refractivity contribution in [1.29, 1.82) is 0 Å². The smallest absolute Gasteiger partial charge is 0.421 e. The molecule has 1 atom stereocenters. The maximum atomic E-state index is 13.1. The molecule has 0 saturated heterocycles. The Labute approximate surface area is 106 Å². The fraction of sp³-hybridized carbons (Fsp3) is 1.00. The monoisotopic (exact) mass is 315 g/mol. The fourth-order valence-electron chi connectivity index (χ4n) is 1.10. The molecule has 0 amide bonds. The standard InChI is InChI=1S/C8H13F5O5S/c1-6(2,3-4-14)18-5(7(9,10)11)8(12,13)19(15,16)17/h5,14H,3-4H2,1-2H3,(H,15,16,17)/p-1. The molecule has 0 saturated carbocycles. The van der Waals surface area contributed by atoms with E-state index in [1.165, 1.54) is 0 Å². The molecular formula is C8H12F5O5S-. The van der Waals surface area contributed by atoms with Gasteiger partial charge in [-0.15, -0.1) is 0 Å². The van der Waals surface area contributed by atoms with Gasteiger partial charge in [0.05, 0.1) is 5.60 Å². The van der Waals surface area contributed by atoms with E-state index in [0.29, 0.717) is 0 Å². The first-order valence-corrected chi connectivity index (χ1v) is 6.24. The lowest BCUT2D eigenvalue weighted by Gasteiger charge is -2.36. The fourth-order valence-corrected chi connectivity index (χ4v) is 1.55. The molecule has 0 aromatic rings. The van der Waals surface area contributed by atoms with Crippen molar-refractivity contribution in [1.82, 2.24) is 0 Å². The minimum Gasteiger partial charge on any atom is -0.743 e. The van der Waals surface area contributed by atoms with Crippen LogP contribution in [-0.4, -0.2) is 47.8 Å². The number of aliphatic hydroxyl groups is 1. The molecule has 0 rings (SSSR count). The molecule has 0 fully saturated rings. The molecule has 1 unspecified atom stereocenters. The quantitative estimate of drug-likeness (QED) is 0.588. The second-order valence-electron chi connectivity index (χ2n) is 4.29. The minimum atomic E-state index is -6.56. The highest BCUT2D eigenvalue weighted by atomic mass is 32.2. The largest absolute Gasteiger partial charge is 0.743 e. The summed E-state index contributed by atoms with van der Waals surface area (Å²) in [7, 11) is -6.56. The molecule has 0 spiro atoms. The van der Waals surface area contributed by atoms with Crippen LogP contribution in [0.15, 0.2) is 0 Å². The van der Waals surface area contributed by atoms with Gasteiger partial charge in [-0.25, -0.2) is 8.42 Å². The van der Waals surface area contributed by atoms with Crippen LogP contribution in [0, 0.1) is 0 Å². The van der Waals surface area contributed by atoms with Crippen LogP contribution in [0.3, 0.4) is 0 Å². The van der Waals surface area contributed by atoms with Gasteiger partial charge < -0.3 is 14.4 Å². The second-order valence-corrected chi connectivity index (χ2v) is 5.74. The van der Waals surface area contributed by atoms with Gasteiger partial charge >= 0.3 is 11.4 Å². The average molecular weight is 315 g/mol. The van der Waals surface area contributed by atoms with E-state index in [2.05, 4.69) is 4.74 Å². The minimum absolute atomic E-state index is 0.464. The second kappa shape index (κ2) is 5.46. The number of hydrogen-bond acceptors (Lipinski definition) is 5. The van der Waals surface area contributed by atoms with E-state index >= 15 is 0 Å². The van der Waals surface area contributed by atoms with E-state index in [1.807, 2.05) is 0 Å². The van der Waals surface area contributed by atoms with Gasteiger partial charge in [0.15, 0.2) is 10.1 Å². The molecule has 5 nitrogen and oxygen atoms in total. The van der Waals surface area contributed by atoms with Gasteiger partial charge in [0, 0.05) is 6.61 Å². The first-order chi connectivity index (χ1) is 8.15. The highest BCUT2D eigenvalue weighted by Gasteiger charge is 2.62. The van der Waals surface area contributed by atoms with Crippen molar-refractivity contribution in [3.05, 3.63) is 0 Å². The third-order valence-corrected chi connectivity index (χ3v) is 2.97. The molecule has 0 aliphatic heterocycles. The van der Waals surface area contributed by atoms with Crippen LogP contribution < -0.4 is 0 Å². The van der Waals surface area contributed by atoms with E-state index in [4.69, 9.17) is 5.11 Å². The van der Waals surface area contributed by atoms with Gasteiger partial charge in [-0.3, -0.25) is 0 Å². The lowest BCUT2D eigenvalue weighted by atomic mass is 10.1. The lowest BCUT2D eigenvalue weighted by molar-refractivity contribution is -0.291. The summed E-state index contributed by atoms with van der Waals surface area (Å²) in [6.45, 7) is 1.21. The summed E-state index contributed by atoms with van der Waals surface area (Å²) in [4.78, 5) is 0. The first kappa shape index (κ1) is 18.5. The molecule has 0 aromatic heterocycles. The van der Waals surface area contributed by atoms with Crippen molar-refractivity contribution in [3.8, 4) is 0 Å². The van der Waals surface area contributed by atoms with E-state index in [9.17, 15) is 34.9 Å². The third-order valence-electron chi connectivity index (χ3n) is 2.09. The van der Waals surface area contributed by atoms with Crippen molar-refractivity contribution in [2.75, 3.05) is 6.61 Å². The zero-order valence-corrected chi connectivity index (χ0v) is 10.7. The van der Waals surface area contributed by atoms with Gasteiger partial charge in [0.2, 0.25) is 6.10 Å². The summed E-state index contributed by atoms with van der Waals surface area (Å²) in [6.07, 6.45) is -10.3. The highest BCUT2D eigenvalue weighted by Crippen LogP contribution is 2.40. The zero-order chi connectivity index (χ0) is 15.7. The Morgan fingerprint density at radius 1 is 1.21 bits per heavy atom. The Morgan fingerprint density at radius 3 is 1.89 bits per heavy atom. The topological polar surface area (TPSA) is 86.7 Å². The van der Waals surface area contributed by atoms with Gasteiger partial charge in [-0.05, 0) is 20.3 Å². The number of halogens is 5. The van der Waals surface area contributed by atoms with E-state index < -0.39 is 46.3 Å². The third kappa shape index (κ3) is 4.82. The summed E-state index contributed by atoms with van der Waals surface area (Å²) >= 11 is 0. The van der Waals surface area contributed by atoms with Crippen LogP contribution in [0.25, 0.3) is 0 Å². The normalized spacial score (nSPS) is 16.5. The summed E-state index contributed by atoms with van der Waals surface area (Å²) in [6, 6.07) is 0. The van der Waals surface area contributed by atoms with Gasteiger partial charge in [-0.1, -0.05) is 0 Å². The Kier molecular flexibility index (Phi) is 5.31. The number of aliphatic hydroxyl groups excluding tert-OH is 1. The number of alkyl halides is 5. The molecule has 116 valence electrons. The Bertz CT molecular complexity index is 402. The number of ether oxygens (including phenoxy) is 1. The predicted octanol–water partition coefficient (Wildman–Crippen LogP) is 1.23. The van der Waals surface area contributed by atoms with Crippen LogP contribution in [0.4, 0.5) is 22.0 Å². The number of hydrogen-bond donors (Lipinski definition) is 1. The Morgan fingerprint density at radius 2 is 1.63 bits per heavy atom. The maximum absolute atomic E-state index is 13.1. The summed E-state index contributed by atoms with van der Waals surface area (Å²) in [5.41, 5.74) is -1.90. The van der Waals surface area contributed by atoms with Crippen LogP contribution in [0.2, 0.25) is 0 Å². The van der Waals surface area contributed by atoms with Crippen molar-refractivity contribution in [3.63, 3.8) is 0 Å². The lowest BCUT2D eigenvalue weighted by Crippen LogP contribution is -2.54. The molecule has 0 aliphatic rings. The zero-order valence-electron chi connectivity index (χ0n) is 9.87. The number of rotatable bonds is 6. The van der Waals surface area contributed by atoms with Crippen LogP contribution in [-0.2, 0) is 14.9 Å². The molecule has 0 bridgehead atoms. The average Bonchev–Trinajstić information content (AvgIpc) is 2.10. The van der Waals surface area contributed by atoms with Crippen molar-refractivity contribution in [2.45, 2.75) is 43.4 Å². The highest BCUT2D eigenvalue weighted by molar-refractivity contribution is 7.86. The molecule has 0 radical (unpaired) electrons. The van der Waals surface area contributed by atoms with Crippen molar-refractivity contribution >= 4 is 10.1 Å². The van der Waals surface area contributed by atoms with Gasteiger partial charge in [-0.2, -0.15) is 22.0 Å². The van der Waals surface area contributed by atoms with E-state index in [0.717, 1.165) is 13.8 Å².